The Labute approximate surface area is 217 Å². The van der Waals surface area contributed by atoms with Gasteiger partial charge in [-0.25, -0.2) is 8.42 Å². The summed E-state index contributed by atoms with van der Waals surface area (Å²) in [5.74, 6) is -0.432. The van der Waals surface area contributed by atoms with Crippen LogP contribution in [0.4, 0.5) is 0 Å². The second-order valence-corrected chi connectivity index (χ2v) is 12.2. The van der Waals surface area contributed by atoms with E-state index in [0.29, 0.717) is 43.2 Å². The Morgan fingerprint density at radius 2 is 1.86 bits per heavy atom. The number of amides is 1. The van der Waals surface area contributed by atoms with Gasteiger partial charge in [0.2, 0.25) is 10.0 Å². The Hall–Kier alpha value is -1.89. The molecule has 2 aromatic carbocycles. The summed E-state index contributed by atoms with van der Waals surface area (Å²) in [7, 11) is -3.68. The van der Waals surface area contributed by atoms with Crippen LogP contribution in [-0.2, 0) is 26.0 Å². The zero-order valence-corrected chi connectivity index (χ0v) is 23.0. The number of sulfonamides is 1. The van der Waals surface area contributed by atoms with E-state index in [1.807, 2.05) is 43.5 Å². The quantitative estimate of drug-likeness (QED) is 0.393. The molecule has 0 aliphatic carbocycles. The van der Waals surface area contributed by atoms with E-state index in [1.54, 1.807) is 0 Å². The average Bonchev–Trinajstić information content (AvgIpc) is 3.14. The largest absolute Gasteiger partial charge is 0.380 e. The molecule has 0 spiro atoms. The third kappa shape index (κ3) is 5.92. The summed E-state index contributed by atoms with van der Waals surface area (Å²) < 4.78 is 42.7. The van der Waals surface area contributed by atoms with Crippen LogP contribution < -0.4 is 4.80 Å². The first-order chi connectivity index (χ1) is 16.7. The summed E-state index contributed by atoms with van der Waals surface area (Å²) in [6, 6.07) is 11.9. The van der Waals surface area contributed by atoms with Crippen molar-refractivity contribution in [2.45, 2.75) is 44.4 Å². The van der Waals surface area contributed by atoms with Crippen LogP contribution in [0.2, 0.25) is 0 Å². The minimum absolute atomic E-state index is 0.147. The van der Waals surface area contributed by atoms with Gasteiger partial charge >= 0.3 is 0 Å². The first-order valence-electron chi connectivity index (χ1n) is 11.4. The van der Waals surface area contributed by atoms with Crippen molar-refractivity contribution < 1.29 is 22.7 Å². The number of carbonyl (C=O) groups is 1. The summed E-state index contributed by atoms with van der Waals surface area (Å²) in [6.07, 6.45) is -0.353. The Morgan fingerprint density at radius 1 is 1.17 bits per heavy atom. The van der Waals surface area contributed by atoms with Crippen LogP contribution in [0.15, 0.2) is 56.8 Å². The molecule has 1 amide bonds. The van der Waals surface area contributed by atoms with Crippen molar-refractivity contribution in [3.63, 3.8) is 0 Å². The van der Waals surface area contributed by atoms with Gasteiger partial charge in [-0.15, -0.1) is 0 Å². The minimum atomic E-state index is -3.68. The lowest BCUT2D eigenvalue weighted by Gasteiger charge is -2.34. The number of fused-ring (bicyclic) bond motifs is 1. The van der Waals surface area contributed by atoms with Gasteiger partial charge in [0, 0.05) is 36.3 Å². The molecule has 8 nitrogen and oxygen atoms in total. The van der Waals surface area contributed by atoms with E-state index >= 15 is 0 Å². The molecule has 0 unspecified atom stereocenters. The second-order valence-electron chi connectivity index (χ2n) is 8.37. The number of aromatic nitrogens is 1. The van der Waals surface area contributed by atoms with Crippen LogP contribution in [0.3, 0.4) is 0 Å². The molecular formula is C24H28BrN3O5S2. The number of thiazole rings is 1. The zero-order chi connectivity index (χ0) is 25.2. The summed E-state index contributed by atoms with van der Waals surface area (Å²) in [6.45, 7) is 7.92. The van der Waals surface area contributed by atoms with Gasteiger partial charge in [-0.1, -0.05) is 27.3 Å². The van der Waals surface area contributed by atoms with Gasteiger partial charge in [-0.3, -0.25) is 4.79 Å². The third-order valence-electron chi connectivity index (χ3n) is 5.63. The third-order valence-corrected chi connectivity index (χ3v) is 9.01. The van der Waals surface area contributed by atoms with Crippen molar-refractivity contribution in [2.24, 2.45) is 4.99 Å². The van der Waals surface area contributed by atoms with Crippen molar-refractivity contribution >= 4 is 53.4 Å². The molecule has 1 fully saturated rings. The minimum Gasteiger partial charge on any atom is -0.380 e. The van der Waals surface area contributed by atoms with Gasteiger partial charge in [0.25, 0.3) is 5.91 Å². The van der Waals surface area contributed by atoms with Crippen molar-refractivity contribution in [3.05, 3.63) is 57.3 Å². The molecule has 0 bridgehead atoms. The fourth-order valence-electron chi connectivity index (χ4n) is 4.05. The Bertz CT molecular complexity index is 1370. The smallest absolute Gasteiger partial charge is 0.279 e. The highest BCUT2D eigenvalue weighted by atomic mass is 79.9. The SMILES string of the molecule is CCOCCn1c(=NC(=O)c2ccc(S(=O)(=O)N3C[C@@H](C)O[C@@H](C)C3)cc2)sc2cc(Br)ccc21. The molecule has 188 valence electrons. The average molecular weight is 583 g/mol. The number of hydrogen-bond acceptors (Lipinski definition) is 6. The zero-order valence-electron chi connectivity index (χ0n) is 19.8. The number of ether oxygens (including phenoxy) is 2. The molecule has 0 N–H and O–H groups in total. The maximum atomic E-state index is 13.1. The van der Waals surface area contributed by atoms with Crippen LogP contribution in [0.5, 0.6) is 0 Å². The fourth-order valence-corrected chi connectivity index (χ4v) is 7.24. The summed E-state index contributed by atoms with van der Waals surface area (Å²) >= 11 is 4.91. The molecule has 1 aliphatic rings. The van der Waals surface area contributed by atoms with E-state index in [1.165, 1.54) is 39.9 Å². The normalized spacial score (nSPS) is 19.9. The van der Waals surface area contributed by atoms with Crippen LogP contribution in [0.1, 0.15) is 31.1 Å². The number of halogens is 1. The number of benzene rings is 2. The maximum Gasteiger partial charge on any atom is 0.279 e. The van der Waals surface area contributed by atoms with E-state index in [-0.39, 0.29) is 17.1 Å². The predicted octanol–water partition coefficient (Wildman–Crippen LogP) is 4.04. The number of carbonyl (C=O) groups excluding carboxylic acids is 1. The number of hydrogen-bond donors (Lipinski definition) is 0. The summed E-state index contributed by atoms with van der Waals surface area (Å²) in [4.78, 5) is 18.1. The molecule has 4 rings (SSSR count). The lowest BCUT2D eigenvalue weighted by atomic mass is 10.2. The second kappa shape index (κ2) is 11.0. The van der Waals surface area contributed by atoms with Crippen LogP contribution in [-0.4, -0.2) is 61.7 Å². The molecule has 2 atom stereocenters. The first-order valence-corrected chi connectivity index (χ1v) is 14.5. The number of morpholine rings is 1. The van der Waals surface area contributed by atoms with E-state index in [0.717, 1.165) is 14.7 Å². The van der Waals surface area contributed by atoms with Crippen molar-refractivity contribution in [3.8, 4) is 0 Å². The molecule has 1 aliphatic heterocycles. The monoisotopic (exact) mass is 581 g/mol. The van der Waals surface area contributed by atoms with Gasteiger partial charge < -0.3 is 14.0 Å². The molecule has 35 heavy (non-hydrogen) atoms. The molecule has 1 aromatic heterocycles. The van der Waals surface area contributed by atoms with Crippen molar-refractivity contribution in [1.82, 2.24) is 8.87 Å². The van der Waals surface area contributed by atoms with Gasteiger partial charge in [-0.2, -0.15) is 9.30 Å². The molecule has 3 aromatic rings. The highest BCUT2D eigenvalue weighted by Crippen LogP contribution is 2.23. The molecule has 0 saturated carbocycles. The van der Waals surface area contributed by atoms with Crippen molar-refractivity contribution in [1.29, 1.82) is 0 Å². The molecule has 2 heterocycles. The first kappa shape index (κ1) is 26.2. The van der Waals surface area contributed by atoms with Gasteiger partial charge in [0.05, 0.1) is 33.9 Å². The van der Waals surface area contributed by atoms with Gasteiger partial charge in [0.1, 0.15) is 0 Å². The van der Waals surface area contributed by atoms with Crippen LogP contribution in [0, 0.1) is 0 Å². The topological polar surface area (TPSA) is 90.2 Å². The van der Waals surface area contributed by atoms with Crippen LogP contribution in [0.25, 0.3) is 10.2 Å². The van der Waals surface area contributed by atoms with Crippen molar-refractivity contribution in [2.75, 3.05) is 26.3 Å². The summed E-state index contributed by atoms with van der Waals surface area (Å²) in [5.41, 5.74) is 1.29. The lowest BCUT2D eigenvalue weighted by Crippen LogP contribution is -2.48. The standard InChI is InChI=1S/C24H28BrN3O5S2/c1-4-32-12-11-28-21-10-7-19(25)13-22(21)34-24(28)26-23(29)18-5-8-20(9-6-18)35(30,31)27-14-16(2)33-17(3)15-27/h5-10,13,16-17H,4,11-12,14-15H2,1-3H3/t16-,17+. The highest BCUT2D eigenvalue weighted by Gasteiger charge is 2.32. The van der Waals surface area contributed by atoms with Crippen LogP contribution >= 0.6 is 27.3 Å². The number of nitrogens with zero attached hydrogens (tertiary/aromatic N) is 3. The molecule has 0 radical (unpaired) electrons. The van der Waals surface area contributed by atoms with E-state index in [2.05, 4.69) is 20.9 Å². The maximum absolute atomic E-state index is 13.1. The number of rotatable bonds is 7. The summed E-state index contributed by atoms with van der Waals surface area (Å²) in [5, 5.41) is 0. The molecule has 1 saturated heterocycles. The molecule has 11 heteroatoms. The Kier molecular flexibility index (Phi) is 8.24. The van der Waals surface area contributed by atoms with Gasteiger partial charge in [0.15, 0.2) is 4.80 Å². The fraction of sp³-hybridized carbons (Fsp3) is 0.417. The predicted molar refractivity (Wildman–Crippen MR) is 139 cm³/mol. The van der Waals surface area contributed by atoms with E-state index in [4.69, 9.17) is 9.47 Å². The highest BCUT2D eigenvalue weighted by molar-refractivity contribution is 9.10. The van der Waals surface area contributed by atoms with E-state index in [9.17, 15) is 13.2 Å². The van der Waals surface area contributed by atoms with Gasteiger partial charge in [-0.05, 0) is 63.2 Å². The van der Waals surface area contributed by atoms with E-state index < -0.39 is 15.9 Å². The Balaban J connectivity index is 1.62. The lowest BCUT2D eigenvalue weighted by molar-refractivity contribution is -0.0440. The molecular weight excluding hydrogens is 554 g/mol. The Morgan fingerprint density at radius 3 is 2.51 bits per heavy atom.